The minimum atomic E-state index is 0.624. The van der Waals surface area contributed by atoms with Gasteiger partial charge in [0.2, 0.25) is 4.73 Å². The van der Waals surface area contributed by atoms with Crippen LogP contribution in [-0.4, -0.2) is 19.6 Å². The van der Waals surface area contributed by atoms with Crippen molar-refractivity contribution in [1.29, 1.82) is 0 Å². The average molecular weight is 227 g/mol. The van der Waals surface area contributed by atoms with E-state index in [4.69, 9.17) is 0 Å². The van der Waals surface area contributed by atoms with Gasteiger partial charge in [-0.2, -0.15) is 0 Å². The molecule has 0 aliphatic heterocycles. The molecule has 0 bridgehead atoms. The van der Waals surface area contributed by atoms with Crippen molar-refractivity contribution in [1.82, 2.24) is 19.6 Å². The number of hydrogen-bond donors (Lipinski definition) is 0. The number of nitrogens with zero attached hydrogens (tertiary/aromatic N) is 4. The molecule has 2 heterocycles. The third-order valence-corrected chi connectivity index (χ3v) is 2.23. The van der Waals surface area contributed by atoms with Gasteiger partial charge in [-0.1, -0.05) is 6.92 Å². The molecule has 2 rings (SSSR count). The zero-order chi connectivity index (χ0) is 8.55. The van der Waals surface area contributed by atoms with Gasteiger partial charge in [0, 0.05) is 12.4 Å². The summed E-state index contributed by atoms with van der Waals surface area (Å²) < 4.78 is 2.51. The fraction of sp³-hybridized carbons (Fsp3) is 0.286. The lowest BCUT2D eigenvalue weighted by atomic mass is 10.3. The summed E-state index contributed by atoms with van der Waals surface area (Å²) in [4.78, 5) is 4.13. The van der Waals surface area contributed by atoms with Gasteiger partial charge in [-0.05, 0) is 27.9 Å². The van der Waals surface area contributed by atoms with Crippen LogP contribution in [0.25, 0.3) is 5.78 Å². The van der Waals surface area contributed by atoms with Gasteiger partial charge in [0.15, 0.2) is 0 Å². The standard InChI is InChI=1S/C7H7BrN4/c1-2-5-3-9-7-11-10-6(8)12(7)4-5/h3-4H,2H2,1H3. The Kier molecular flexibility index (Phi) is 1.80. The monoisotopic (exact) mass is 226 g/mol. The molecular weight excluding hydrogens is 220 g/mol. The van der Waals surface area contributed by atoms with Crippen molar-refractivity contribution in [2.24, 2.45) is 0 Å². The van der Waals surface area contributed by atoms with E-state index in [0.717, 1.165) is 6.42 Å². The zero-order valence-electron chi connectivity index (χ0n) is 6.53. The van der Waals surface area contributed by atoms with Gasteiger partial charge in [-0.15, -0.1) is 10.2 Å². The summed E-state index contributed by atoms with van der Waals surface area (Å²) >= 11 is 3.28. The molecule has 5 heteroatoms. The predicted octanol–water partition coefficient (Wildman–Crippen LogP) is 1.45. The Morgan fingerprint density at radius 3 is 3.08 bits per heavy atom. The van der Waals surface area contributed by atoms with Crippen LogP contribution in [0.4, 0.5) is 0 Å². The lowest BCUT2D eigenvalue weighted by Gasteiger charge is -1.96. The molecule has 0 unspecified atom stereocenters. The van der Waals surface area contributed by atoms with Gasteiger partial charge >= 0.3 is 0 Å². The van der Waals surface area contributed by atoms with Crippen LogP contribution in [0.1, 0.15) is 12.5 Å². The van der Waals surface area contributed by atoms with Gasteiger partial charge in [-0.3, -0.25) is 4.40 Å². The maximum Gasteiger partial charge on any atom is 0.255 e. The van der Waals surface area contributed by atoms with Crippen molar-refractivity contribution < 1.29 is 0 Å². The number of aryl methyl sites for hydroxylation is 1. The zero-order valence-corrected chi connectivity index (χ0v) is 8.11. The second kappa shape index (κ2) is 2.82. The summed E-state index contributed by atoms with van der Waals surface area (Å²) in [6.45, 7) is 2.08. The molecule has 12 heavy (non-hydrogen) atoms. The Hall–Kier alpha value is -0.970. The second-order valence-corrected chi connectivity index (χ2v) is 3.16. The first kappa shape index (κ1) is 7.67. The van der Waals surface area contributed by atoms with Gasteiger partial charge in [0.1, 0.15) is 0 Å². The highest BCUT2D eigenvalue weighted by molar-refractivity contribution is 9.10. The molecule has 0 fully saturated rings. The summed E-state index contributed by atoms with van der Waals surface area (Å²) in [7, 11) is 0. The number of aromatic nitrogens is 4. The maximum atomic E-state index is 4.13. The third-order valence-electron chi connectivity index (χ3n) is 1.69. The molecule has 0 spiro atoms. The van der Waals surface area contributed by atoms with E-state index in [1.807, 2.05) is 16.8 Å². The quantitative estimate of drug-likeness (QED) is 0.740. The first-order chi connectivity index (χ1) is 5.81. The van der Waals surface area contributed by atoms with Crippen LogP contribution in [0.2, 0.25) is 0 Å². The molecule has 62 valence electrons. The molecule has 0 aromatic carbocycles. The average Bonchev–Trinajstić information content (AvgIpc) is 2.47. The van der Waals surface area contributed by atoms with E-state index in [1.165, 1.54) is 5.56 Å². The van der Waals surface area contributed by atoms with Crippen LogP contribution in [-0.2, 0) is 6.42 Å². The van der Waals surface area contributed by atoms with E-state index in [-0.39, 0.29) is 0 Å². The summed E-state index contributed by atoms with van der Waals surface area (Å²) in [6.07, 6.45) is 4.76. The fourth-order valence-corrected chi connectivity index (χ4v) is 1.33. The Morgan fingerprint density at radius 1 is 1.50 bits per heavy atom. The second-order valence-electron chi connectivity index (χ2n) is 2.45. The van der Waals surface area contributed by atoms with E-state index in [2.05, 4.69) is 38.0 Å². The number of rotatable bonds is 1. The minimum absolute atomic E-state index is 0.624. The Balaban J connectivity index is 2.71. The summed E-state index contributed by atoms with van der Waals surface area (Å²) in [5.41, 5.74) is 1.17. The summed E-state index contributed by atoms with van der Waals surface area (Å²) in [6, 6.07) is 0. The topological polar surface area (TPSA) is 43.1 Å². The van der Waals surface area contributed by atoms with Crippen molar-refractivity contribution in [3.05, 3.63) is 22.7 Å². The van der Waals surface area contributed by atoms with Crippen molar-refractivity contribution in [2.75, 3.05) is 0 Å². The van der Waals surface area contributed by atoms with Crippen LogP contribution in [0.5, 0.6) is 0 Å². The molecule has 0 saturated carbocycles. The molecule has 0 aliphatic carbocycles. The van der Waals surface area contributed by atoms with Crippen LogP contribution in [0.15, 0.2) is 17.1 Å². The highest BCUT2D eigenvalue weighted by Gasteiger charge is 2.02. The fourth-order valence-electron chi connectivity index (χ4n) is 0.986. The van der Waals surface area contributed by atoms with E-state index in [9.17, 15) is 0 Å². The summed E-state index contributed by atoms with van der Waals surface area (Å²) in [5, 5.41) is 7.69. The SMILES string of the molecule is CCc1cnc2nnc(Br)n2c1. The number of fused-ring (bicyclic) bond motifs is 1. The summed E-state index contributed by atoms with van der Waals surface area (Å²) in [5.74, 6) is 0.624. The Labute approximate surface area is 77.8 Å². The molecule has 0 N–H and O–H groups in total. The van der Waals surface area contributed by atoms with Crippen molar-refractivity contribution in [3.8, 4) is 0 Å². The molecule has 0 saturated heterocycles. The first-order valence-corrected chi connectivity index (χ1v) is 4.45. The lowest BCUT2D eigenvalue weighted by molar-refractivity contribution is 1.00. The molecule has 0 radical (unpaired) electrons. The maximum absolute atomic E-state index is 4.13. The normalized spacial score (nSPS) is 10.8. The van der Waals surface area contributed by atoms with Crippen LogP contribution < -0.4 is 0 Å². The van der Waals surface area contributed by atoms with Gasteiger partial charge in [0.25, 0.3) is 5.78 Å². The molecule has 2 aromatic rings. The van der Waals surface area contributed by atoms with Crippen LogP contribution >= 0.6 is 15.9 Å². The van der Waals surface area contributed by atoms with Crippen molar-refractivity contribution in [3.63, 3.8) is 0 Å². The van der Waals surface area contributed by atoms with Crippen molar-refractivity contribution >= 4 is 21.7 Å². The van der Waals surface area contributed by atoms with E-state index >= 15 is 0 Å². The Bertz CT molecular complexity index is 409. The molecule has 0 aliphatic rings. The highest BCUT2D eigenvalue weighted by Crippen LogP contribution is 2.08. The first-order valence-electron chi connectivity index (χ1n) is 3.66. The number of hydrogen-bond acceptors (Lipinski definition) is 3. The highest BCUT2D eigenvalue weighted by atomic mass is 79.9. The smallest absolute Gasteiger partial charge is 0.255 e. The van der Waals surface area contributed by atoms with Crippen molar-refractivity contribution in [2.45, 2.75) is 13.3 Å². The van der Waals surface area contributed by atoms with Crippen LogP contribution in [0.3, 0.4) is 0 Å². The molecule has 4 nitrogen and oxygen atoms in total. The van der Waals surface area contributed by atoms with E-state index in [1.54, 1.807) is 0 Å². The van der Waals surface area contributed by atoms with Gasteiger partial charge < -0.3 is 0 Å². The third kappa shape index (κ3) is 1.10. The Morgan fingerprint density at radius 2 is 2.33 bits per heavy atom. The van der Waals surface area contributed by atoms with Gasteiger partial charge in [-0.25, -0.2) is 4.98 Å². The van der Waals surface area contributed by atoms with E-state index < -0.39 is 0 Å². The largest absolute Gasteiger partial charge is 0.261 e. The number of halogens is 1. The lowest BCUT2D eigenvalue weighted by Crippen LogP contribution is -1.92. The molecule has 2 aromatic heterocycles. The minimum Gasteiger partial charge on any atom is -0.261 e. The molecule has 0 amide bonds. The van der Waals surface area contributed by atoms with E-state index in [0.29, 0.717) is 10.5 Å². The van der Waals surface area contributed by atoms with Crippen LogP contribution in [0, 0.1) is 0 Å². The molecule has 0 atom stereocenters. The molecular formula is C7H7BrN4. The van der Waals surface area contributed by atoms with Gasteiger partial charge in [0.05, 0.1) is 0 Å². The predicted molar refractivity (Wildman–Crippen MR) is 47.9 cm³/mol.